The van der Waals surface area contributed by atoms with E-state index in [1.807, 2.05) is 37.9 Å². The second-order valence-corrected chi connectivity index (χ2v) is 6.31. The molecule has 0 spiro atoms. The number of carbonyl (C=O) groups is 1. The molecule has 0 aliphatic carbocycles. The van der Waals surface area contributed by atoms with Crippen LogP contribution < -0.4 is 10.6 Å². The van der Waals surface area contributed by atoms with Crippen LogP contribution in [-0.2, 0) is 0 Å². The number of anilines is 2. The van der Waals surface area contributed by atoms with Crippen molar-refractivity contribution in [2.24, 2.45) is 4.99 Å². The van der Waals surface area contributed by atoms with Crippen molar-refractivity contribution in [1.29, 1.82) is 0 Å². The number of ketones is 1. The number of rotatable bonds is 4. The number of fused-ring (bicyclic) bond motifs is 1. The lowest BCUT2D eigenvalue weighted by atomic mass is 10.1. The first-order chi connectivity index (χ1) is 12.9. The molecule has 1 aromatic heterocycles. The van der Waals surface area contributed by atoms with E-state index in [-0.39, 0.29) is 27.8 Å². The van der Waals surface area contributed by atoms with E-state index >= 15 is 0 Å². The normalized spacial score (nSPS) is 10.7. The largest absolute Gasteiger partial charge is 0.450 e. The summed E-state index contributed by atoms with van der Waals surface area (Å²) in [6.45, 7) is 4.00. The third-order valence-corrected chi connectivity index (χ3v) is 4.34. The molecule has 0 saturated heterocycles. The molecular weight excluding hydrogens is 385 g/mol. The maximum absolute atomic E-state index is 12.8. The predicted octanol–water partition coefficient (Wildman–Crippen LogP) is 5.67. The molecule has 0 radical (unpaired) electrons. The molecule has 2 N–H and O–H groups in total. The summed E-state index contributed by atoms with van der Waals surface area (Å²) in [5.41, 5.74) is 8.06. The fourth-order valence-electron chi connectivity index (χ4n) is 2.53. The minimum absolute atomic E-state index is 0.0585. The average molecular weight is 406 g/mol. The van der Waals surface area contributed by atoms with Gasteiger partial charge in [0.05, 0.1) is 17.0 Å². The van der Waals surface area contributed by atoms with Crippen molar-refractivity contribution in [3.05, 3.63) is 57.8 Å². The van der Waals surface area contributed by atoms with Crippen LogP contribution in [0.3, 0.4) is 0 Å². The number of furan rings is 1. The summed E-state index contributed by atoms with van der Waals surface area (Å²) in [4.78, 5) is 18.6. The zero-order chi connectivity index (χ0) is 20.1. The molecule has 27 heavy (non-hydrogen) atoms. The number of hydrogen-bond donors (Lipinski definition) is 1. The van der Waals surface area contributed by atoms with Crippen molar-refractivity contribution in [2.45, 2.75) is 13.8 Å². The van der Waals surface area contributed by atoms with Crippen LogP contribution >= 0.6 is 23.2 Å². The van der Waals surface area contributed by atoms with Gasteiger partial charge in [0.25, 0.3) is 0 Å². The Bertz CT molecular complexity index is 996. The lowest BCUT2D eigenvalue weighted by Gasteiger charge is -2.12. The number of nitrogens with two attached hydrogens (primary N) is 1. The highest BCUT2D eigenvalue weighted by Crippen LogP contribution is 2.34. The van der Waals surface area contributed by atoms with Crippen molar-refractivity contribution in [3.63, 3.8) is 0 Å². The molecule has 0 unspecified atom stereocenters. The lowest BCUT2D eigenvalue weighted by Crippen LogP contribution is -2.13. The van der Waals surface area contributed by atoms with E-state index in [9.17, 15) is 4.79 Å². The Hall–Kier alpha value is -2.50. The van der Waals surface area contributed by atoms with Crippen LogP contribution in [-0.4, -0.2) is 26.2 Å². The number of benzene rings is 2. The molecule has 0 atom stereocenters. The molecule has 0 bridgehead atoms. The van der Waals surface area contributed by atoms with E-state index in [1.165, 1.54) is 6.07 Å². The molecule has 3 rings (SSSR count). The molecule has 1 heterocycles. The van der Waals surface area contributed by atoms with Crippen LogP contribution in [0.5, 0.6) is 0 Å². The fraction of sp³-hybridized carbons (Fsp3) is 0.200. The van der Waals surface area contributed by atoms with E-state index in [4.69, 9.17) is 33.4 Å². The quantitative estimate of drug-likeness (QED) is 0.344. The van der Waals surface area contributed by atoms with Crippen molar-refractivity contribution in [3.8, 4) is 0 Å². The van der Waals surface area contributed by atoms with Crippen LogP contribution in [0.4, 0.5) is 11.4 Å². The predicted molar refractivity (Wildman–Crippen MR) is 115 cm³/mol. The molecule has 0 aliphatic rings. The molecule has 3 aromatic rings. The molecule has 0 aliphatic heterocycles. The van der Waals surface area contributed by atoms with Gasteiger partial charge in [-0.15, -0.1) is 0 Å². The van der Waals surface area contributed by atoms with E-state index in [1.54, 1.807) is 31.6 Å². The molecular formula is C20H21Cl2N3O2. The highest BCUT2D eigenvalue weighted by Gasteiger charge is 2.22. The monoisotopic (exact) mass is 405 g/mol. The Labute approximate surface area is 168 Å². The molecule has 142 valence electrons. The highest BCUT2D eigenvalue weighted by atomic mass is 35.5. The SMILES string of the molecule is CC.CN=CN(C)c1ccc2c(N)c(C(=O)c3ccc(Cl)cc3Cl)oc2c1. The Morgan fingerprint density at radius 2 is 1.89 bits per heavy atom. The van der Waals surface area contributed by atoms with E-state index < -0.39 is 0 Å². The number of carbonyl (C=O) groups excluding carboxylic acids is 1. The summed E-state index contributed by atoms with van der Waals surface area (Å²) in [6, 6.07) is 10.1. The molecule has 7 heteroatoms. The van der Waals surface area contributed by atoms with Crippen LogP contribution in [0.25, 0.3) is 11.0 Å². The van der Waals surface area contributed by atoms with Gasteiger partial charge >= 0.3 is 0 Å². The minimum Gasteiger partial charge on any atom is -0.450 e. The summed E-state index contributed by atoms with van der Waals surface area (Å²) in [5.74, 6) is -0.330. The molecule has 5 nitrogen and oxygen atoms in total. The number of nitrogens with zero attached hydrogens (tertiary/aromatic N) is 2. The second-order valence-electron chi connectivity index (χ2n) is 5.46. The first-order valence-electron chi connectivity index (χ1n) is 8.39. The summed E-state index contributed by atoms with van der Waals surface area (Å²) in [5, 5.41) is 1.36. The standard InChI is InChI=1S/C18H15Cl2N3O2.C2H6/c1-22-9-23(2)11-4-6-13-15(8-11)25-18(16(13)21)17(24)12-5-3-10(19)7-14(12)20;1-2/h3-9H,21H2,1-2H3;1-2H3. The van der Waals surface area contributed by atoms with Crippen molar-refractivity contribution >= 4 is 57.7 Å². The Balaban J connectivity index is 0.00000126. The maximum Gasteiger partial charge on any atom is 0.231 e. The zero-order valence-corrected chi connectivity index (χ0v) is 17.1. The van der Waals surface area contributed by atoms with Crippen molar-refractivity contribution in [2.75, 3.05) is 24.7 Å². The molecule has 0 amide bonds. The summed E-state index contributed by atoms with van der Waals surface area (Å²) in [7, 11) is 3.55. The summed E-state index contributed by atoms with van der Waals surface area (Å²) >= 11 is 12.0. The van der Waals surface area contributed by atoms with Crippen LogP contribution in [0.1, 0.15) is 30.0 Å². The van der Waals surface area contributed by atoms with Gasteiger partial charge in [-0.05, 0) is 30.3 Å². The third kappa shape index (κ3) is 4.26. The van der Waals surface area contributed by atoms with Crippen LogP contribution in [0.2, 0.25) is 10.0 Å². The van der Waals surface area contributed by atoms with E-state index in [0.29, 0.717) is 16.0 Å². The van der Waals surface area contributed by atoms with Crippen molar-refractivity contribution < 1.29 is 9.21 Å². The zero-order valence-electron chi connectivity index (χ0n) is 15.6. The van der Waals surface area contributed by atoms with Gasteiger partial charge in [0.1, 0.15) is 5.58 Å². The van der Waals surface area contributed by atoms with Gasteiger partial charge in [-0.1, -0.05) is 37.0 Å². The highest BCUT2D eigenvalue weighted by molar-refractivity contribution is 6.37. The van der Waals surface area contributed by atoms with Gasteiger partial charge < -0.3 is 15.1 Å². The average Bonchev–Trinajstić information content (AvgIpc) is 2.99. The fourth-order valence-corrected chi connectivity index (χ4v) is 3.02. The van der Waals surface area contributed by atoms with E-state index in [0.717, 1.165) is 5.69 Å². The molecule has 0 fully saturated rings. The maximum atomic E-state index is 12.8. The summed E-state index contributed by atoms with van der Waals surface area (Å²) < 4.78 is 5.73. The van der Waals surface area contributed by atoms with Gasteiger partial charge in [0.2, 0.25) is 5.78 Å². The van der Waals surface area contributed by atoms with Crippen LogP contribution in [0.15, 0.2) is 45.8 Å². The number of aliphatic imine (C=N–C) groups is 1. The lowest BCUT2D eigenvalue weighted by molar-refractivity contribution is 0.101. The first-order valence-corrected chi connectivity index (χ1v) is 9.15. The Morgan fingerprint density at radius 1 is 1.19 bits per heavy atom. The van der Waals surface area contributed by atoms with Gasteiger partial charge in [0, 0.05) is 41.8 Å². The van der Waals surface area contributed by atoms with E-state index in [2.05, 4.69) is 4.99 Å². The number of nitrogen functional groups attached to an aromatic ring is 1. The van der Waals surface area contributed by atoms with Crippen LogP contribution in [0, 0.1) is 0 Å². The smallest absolute Gasteiger partial charge is 0.231 e. The van der Waals surface area contributed by atoms with Gasteiger partial charge in [-0.3, -0.25) is 9.79 Å². The Morgan fingerprint density at radius 3 is 2.52 bits per heavy atom. The Kier molecular flexibility index (Phi) is 6.88. The third-order valence-electron chi connectivity index (χ3n) is 3.79. The van der Waals surface area contributed by atoms with Gasteiger partial charge in [-0.25, -0.2) is 0 Å². The molecule has 2 aromatic carbocycles. The number of hydrogen-bond acceptors (Lipinski definition) is 4. The van der Waals surface area contributed by atoms with Gasteiger partial charge in [0.15, 0.2) is 5.76 Å². The first kappa shape index (κ1) is 20.8. The van der Waals surface area contributed by atoms with Crippen molar-refractivity contribution in [1.82, 2.24) is 0 Å². The second kappa shape index (κ2) is 8.93. The molecule has 0 saturated carbocycles. The summed E-state index contributed by atoms with van der Waals surface area (Å²) in [6.07, 6.45) is 1.67. The topological polar surface area (TPSA) is 71.8 Å². The van der Waals surface area contributed by atoms with Gasteiger partial charge in [-0.2, -0.15) is 0 Å². The number of halogens is 2. The minimum atomic E-state index is -0.389.